The molecule has 3 unspecified atom stereocenters. The lowest BCUT2D eigenvalue weighted by molar-refractivity contribution is 0.308. The number of unbranched alkanes of at least 4 members (excludes halogenated alkanes) is 1. The summed E-state index contributed by atoms with van der Waals surface area (Å²) in [6.07, 6.45) is 7.81. The van der Waals surface area contributed by atoms with Crippen molar-refractivity contribution in [2.45, 2.75) is 38.1 Å². The quantitative estimate of drug-likeness (QED) is 0.440. The van der Waals surface area contributed by atoms with E-state index in [0.29, 0.717) is 21.9 Å². The highest BCUT2D eigenvalue weighted by Gasteiger charge is 2.39. The molecular weight excluding hydrogens is 365 g/mol. The summed E-state index contributed by atoms with van der Waals surface area (Å²) < 4.78 is 6.09. The fourth-order valence-electron chi connectivity index (χ4n) is 4.11. The van der Waals surface area contributed by atoms with Gasteiger partial charge in [0.05, 0.1) is 28.4 Å². The largest absolute Gasteiger partial charge is 0.491 e. The third kappa shape index (κ3) is 3.10. The maximum Gasteiger partial charge on any atom is 0.142 e. The van der Waals surface area contributed by atoms with Gasteiger partial charge in [-0.05, 0) is 42.0 Å². The van der Waals surface area contributed by atoms with Gasteiger partial charge in [0.1, 0.15) is 5.75 Å². The van der Waals surface area contributed by atoms with E-state index in [4.69, 9.17) is 27.9 Å². The minimum Gasteiger partial charge on any atom is -0.491 e. The number of hydrogen-bond donors (Lipinski definition) is 1. The van der Waals surface area contributed by atoms with Crippen LogP contribution in [0.3, 0.4) is 0 Å². The molecule has 1 aliphatic carbocycles. The van der Waals surface area contributed by atoms with E-state index in [1.807, 2.05) is 12.1 Å². The summed E-state index contributed by atoms with van der Waals surface area (Å²) >= 11 is 12.9. The van der Waals surface area contributed by atoms with Crippen LogP contribution < -0.4 is 10.1 Å². The fraction of sp³-hybridized carbons (Fsp3) is 0.364. The molecule has 2 aliphatic rings. The van der Waals surface area contributed by atoms with Crippen molar-refractivity contribution in [2.24, 2.45) is 5.92 Å². The maximum atomic E-state index is 6.56. The van der Waals surface area contributed by atoms with Gasteiger partial charge in [-0.25, -0.2) is 0 Å². The van der Waals surface area contributed by atoms with E-state index in [1.54, 1.807) is 0 Å². The van der Waals surface area contributed by atoms with E-state index in [9.17, 15) is 0 Å². The third-order valence-electron chi connectivity index (χ3n) is 5.43. The first-order chi connectivity index (χ1) is 12.7. The van der Waals surface area contributed by atoms with Crippen LogP contribution in [0.15, 0.2) is 48.6 Å². The van der Waals surface area contributed by atoms with Gasteiger partial charge in [0.15, 0.2) is 0 Å². The first-order valence-corrected chi connectivity index (χ1v) is 10.1. The molecule has 26 heavy (non-hydrogen) atoms. The lowest BCUT2D eigenvalue weighted by Gasteiger charge is -2.38. The molecule has 0 radical (unpaired) electrons. The second-order valence-electron chi connectivity index (χ2n) is 7.04. The van der Waals surface area contributed by atoms with Gasteiger partial charge in [0.25, 0.3) is 0 Å². The van der Waals surface area contributed by atoms with Crippen LogP contribution in [0.25, 0.3) is 0 Å². The Morgan fingerprint density at radius 3 is 2.77 bits per heavy atom. The van der Waals surface area contributed by atoms with E-state index in [-0.39, 0.29) is 6.04 Å². The monoisotopic (exact) mass is 387 g/mol. The SMILES string of the molecule is CCCCOc1cccc2c1NC(c1cccc(Cl)c1Cl)C1CC=CC21. The molecule has 0 amide bonds. The van der Waals surface area contributed by atoms with Crippen molar-refractivity contribution >= 4 is 28.9 Å². The number of nitrogens with one attached hydrogen (secondary N) is 1. The van der Waals surface area contributed by atoms with Gasteiger partial charge < -0.3 is 10.1 Å². The van der Waals surface area contributed by atoms with E-state index in [1.165, 1.54) is 5.56 Å². The fourth-order valence-corrected chi connectivity index (χ4v) is 4.53. The minimum absolute atomic E-state index is 0.115. The number of rotatable bonds is 5. The summed E-state index contributed by atoms with van der Waals surface area (Å²) in [6, 6.07) is 12.4. The predicted molar refractivity (Wildman–Crippen MR) is 110 cm³/mol. The van der Waals surface area contributed by atoms with Crippen molar-refractivity contribution in [2.75, 3.05) is 11.9 Å². The smallest absolute Gasteiger partial charge is 0.142 e. The van der Waals surface area contributed by atoms with Crippen molar-refractivity contribution < 1.29 is 4.74 Å². The molecule has 2 aromatic rings. The van der Waals surface area contributed by atoms with Crippen molar-refractivity contribution in [3.63, 3.8) is 0 Å². The molecule has 2 nitrogen and oxygen atoms in total. The second kappa shape index (κ2) is 7.54. The Labute approximate surface area is 165 Å². The van der Waals surface area contributed by atoms with Gasteiger partial charge in [0.2, 0.25) is 0 Å². The molecule has 1 N–H and O–H groups in total. The molecule has 0 saturated heterocycles. The van der Waals surface area contributed by atoms with Crippen molar-refractivity contribution in [3.05, 3.63) is 69.7 Å². The summed E-state index contributed by atoms with van der Waals surface area (Å²) in [7, 11) is 0. The van der Waals surface area contributed by atoms with E-state index in [2.05, 4.69) is 48.7 Å². The van der Waals surface area contributed by atoms with Crippen LogP contribution in [-0.4, -0.2) is 6.61 Å². The van der Waals surface area contributed by atoms with Gasteiger partial charge in [-0.15, -0.1) is 0 Å². The average Bonchev–Trinajstić information content (AvgIpc) is 3.14. The normalized spacial score (nSPS) is 23.3. The first kappa shape index (κ1) is 17.8. The molecular formula is C22H23Cl2NO. The predicted octanol–water partition coefficient (Wildman–Crippen LogP) is 7.00. The van der Waals surface area contributed by atoms with Crippen LogP contribution in [0.1, 0.15) is 49.3 Å². The highest BCUT2D eigenvalue weighted by molar-refractivity contribution is 6.42. The molecule has 0 saturated carbocycles. The van der Waals surface area contributed by atoms with Crippen LogP contribution in [0.2, 0.25) is 10.0 Å². The number of para-hydroxylation sites is 1. The van der Waals surface area contributed by atoms with Crippen LogP contribution >= 0.6 is 23.2 Å². The molecule has 0 spiro atoms. The van der Waals surface area contributed by atoms with Crippen LogP contribution in [-0.2, 0) is 0 Å². The van der Waals surface area contributed by atoms with E-state index >= 15 is 0 Å². The summed E-state index contributed by atoms with van der Waals surface area (Å²) in [5, 5.41) is 4.99. The summed E-state index contributed by atoms with van der Waals surface area (Å²) in [5.74, 6) is 1.74. The zero-order valence-electron chi connectivity index (χ0n) is 14.8. The molecule has 3 atom stereocenters. The number of anilines is 1. The van der Waals surface area contributed by atoms with Crippen molar-refractivity contribution in [1.82, 2.24) is 0 Å². The Morgan fingerprint density at radius 1 is 1.12 bits per heavy atom. The van der Waals surface area contributed by atoms with Crippen molar-refractivity contribution in [1.29, 1.82) is 0 Å². The Morgan fingerprint density at radius 2 is 1.92 bits per heavy atom. The van der Waals surface area contributed by atoms with Crippen LogP contribution in [0, 0.1) is 5.92 Å². The lowest BCUT2D eigenvalue weighted by Crippen LogP contribution is -2.29. The minimum atomic E-state index is 0.115. The molecule has 1 heterocycles. The number of ether oxygens (including phenoxy) is 1. The lowest BCUT2D eigenvalue weighted by atomic mass is 9.77. The zero-order valence-corrected chi connectivity index (χ0v) is 16.4. The summed E-state index contributed by atoms with van der Waals surface area (Å²) in [5.41, 5.74) is 3.47. The topological polar surface area (TPSA) is 21.3 Å². The number of fused-ring (bicyclic) bond motifs is 3. The van der Waals surface area contributed by atoms with E-state index < -0.39 is 0 Å². The molecule has 0 bridgehead atoms. The molecule has 4 rings (SSSR count). The Hall–Kier alpha value is -1.64. The molecule has 2 aromatic carbocycles. The summed E-state index contributed by atoms with van der Waals surface area (Å²) in [6.45, 7) is 2.91. The first-order valence-electron chi connectivity index (χ1n) is 9.33. The summed E-state index contributed by atoms with van der Waals surface area (Å²) in [4.78, 5) is 0. The van der Waals surface area contributed by atoms with Gasteiger partial charge in [-0.3, -0.25) is 0 Å². The molecule has 4 heteroatoms. The number of allylic oxidation sites excluding steroid dienone is 2. The van der Waals surface area contributed by atoms with Gasteiger partial charge >= 0.3 is 0 Å². The highest BCUT2D eigenvalue weighted by Crippen LogP contribution is 2.53. The van der Waals surface area contributed by atoms with Crippen LogP contribution in [0.4, 0.5) is 5.69 Å². The molecule has 0 fully saturated rings. The van der Waals surface area contributed by atoms with Gasteiger partial charge in [0, 0.05) is 5.92 Å². The molecule has 136 valence electrons. The third-order valence-corrected chi connectivity index (χ3v) is 6.26. The van der Waals surface area contributed by atoms with Crippen LogP contribution in [0.5, 0.6) is 5.75 Å². The van der Waals surface area contributed by atoms with E-state index in [0.717, 1.165) is 42.9 Å². The Balaban J connectivity index is 1.74. The Bertz CT molecular complexity index is 833. The number of hydrogen-bond acceptors (Lipinski definition) is 2. The van der Waals surface area contributed by atoms with Gasteiger partial charge in [-0.2, -0.15) is 0 Å². The zero-order chi connectivity index (χ0) is 18.1. The highest BCUT2D eigenvalue weighted by atomic mass is 35.5. The molecule has 1 aliphatic heterocycles. The number of benzene rings is 2. The standard InChI is InChI=1S/C22H23Cl2NO/c1-2-3-13-26-19-12-6-9-16-14-7-4-8-15(14)21(25-22(16)19)17-10-5-11-18(23)20(17)24/h4-7,9-12,14-15,21,25H,2-3,8,13H2,1H3. The van der Waals surface area contributed by atoms with Gasteiger partial charge in [-0.1, -0.05) is 73.0 Å². The average molecular weight is 388 g/mol. The molecule has 0 aromatic heterocycles. The number of halogens is 2. The second-order valence-corrected chi connectivity index (χ2v) is 7.83. The maximum absolute atomic E-state index is 6.56. The Kier molecular flexibility index (Phi) is 5.15. The van der Waals surface area contributed by atoms with Crippen molar-refractivity contribution in [3.8, 4) is 5.75 Å².